The highest BCUT2D eigenvalue weighted by atomic mass is 32.1. The Morgan fingerprint density at radius 1 is 1.31 bits per heavy atom. The molecule has 2 nitrogen and oxygen atoms in total. The maximum atomic E-state index is 6.03. The molecule has 1 fully saturated rings. The van der Waals surface area contributed by atoms with Crippen LogP contribution < -0.4 is 5.73 Å². The Kier molecular flexibility index (Phi) is 2.00. The van der Waals surface area contributed by atoms with E-state index in [1.807, 2.05) is 24.3 Å². The molecule has 1 aliphatic rings. The second-order valence-corrected chi connectivity index (χ2v) is 3.59. The van der Waals surface area contributed by atoms with E-state index in [0.717, 1.165) is 18.5 Å². The minimum Gasteiger partial charge on any atom is -0.321 e. The number of hydrogen-bond acceptors (Lipinski definition) is 3. The zero-order valence-electron chi connectivity index (χ0n) is 7.16. The van der Waals surface area contributed by atoms with Crippen LogP contribution in [0.4, 0.5) is 5.69 Å². The molecule has 2 rings (SSSR count). The lowest BCUT2D eigenvalue weighted by Gasteiger charge is -2.07. The zero-order chi connectivity index (χ0) is 9.31. The molecule has 1 aromatic carbocycles. The summed E-state index contributed by atoms with van der Waals surface area (Å²) in [4.78, 5) is 3.87. The first kappa shape index (κ1) is 8.57. The summed E-state index contributed by atoms with van der Waals surface area (Å²) >= 11 is 4.51. The molecule has 0 aliphatic heterocycles. The third-order valence-electron chi connectivity index (χ3n) is 2.41. The first-order chi connectivity index (χ1) is 6.24. The largest absolute Gasteiger partial charge is 0.321 e. The molecular formula is C10H10N2S. The maximum Gasteiger partial charge on any atom is 0.0739 e. The predicted molar refractivity (Wildman–Crippen MR) is 56.2 cm³/mol. The van der Waals surface area contributed by atoms with Crippen molar-refractivity contribution in [2.45, 2.75) is 18.4 Å². The molecule has 0 saturated heterocycles. The molecule has 1 saturated carbocycles. The van der Waals surface area contributed by atoms with Crippen molar-refractivity contribution in [2.75, 3.05) is 0 Å². The Hall–Kier alpha value is -1.02. The predicted octanol–water partition coefficient (Wildman–Crippen LogP) is 2.37. The van der Waals surface area contributed by atoms with Gasteiger partial charge in [0.25, 0.3) is 0 Å². The van der Waals surface area contributed by atoms with Gasteiger partial charge in [0.05, 0.1) is 10.8 Å². The molecule has 2 N–H and O–H groups in total. The van der Waals surface area contributed by atoms with E-state index < -0.39 is 0 Å². The van der Waals surface area contributed by atoms with Gasteiger partial charge >= 0.3 is 0 Å². The van der Waals surface area contributed by atoms with E-state index in [0.29, 0.717) is 0 Å². The highest BCUT2D eigenvalue weighted by Crippen LogP contribution is 2.42. The minimum atomic E-state index is -0.0556. The van der Waals surface area contributed by atoms with E-state index >= 15 is 0 Å². The molecule has 0 amide bonds. The average Bonchev–Trinajstić information content (AvgIpc) is 2.87. The fourth-order valence-corrected chi connectivity index (χ4v) is 1.45. The molecule has 0 heterocycles. The summed E-state index contributed by atoms with van der Waals surface area (Å²) in [6, 6.07) is 7.86. The lowest BCUT2D eigenvalue weighted by molar-refractivity contribution is 0.740. The Bertz CT molecular complexity index is 359. The molecule has 0 atom stereocenters. The lowest BCUT2D eigenvalue weighted by atomic mass is 10.1. The van der Waals surface area contributed by atoms with Crippen molar-refractivity contribution in [3.8, 4) is 0 Å². The maximum absolute atomic E-state index is 6.03. The van der Waals surface area contributed by atoms with Crippen molar-refractivity contribution in [2.24, 2.45) is 10.7 Å². The van der Waals surface area contributed by atoms with Crippen LogP contribution in [0, 0.1) is 0 Å². The molecule has 0 bridgehead atoms. The molecule has 13 heavy (non-hydrogen) atoms. The number of benzene rings is 1. The van der Waals surface area contributed by atoms with E-state index in [9.17, 15) is 0 Å². The number of hydrogen-bond donors (Lipinski definition) is 1. The fourth-order valence-electron chi connectivity index (χ4n) is 1.34. The number of nitrogens with zero attached hydrogens (tertiary/aromatic N) is 1. The fraction of sp³-hybridized carbons (Fsp3) is 0.300. The van der Waals surface area contributed by atoms with Crippen LogP contribution in [0.1, 0.15) is 18.4 Å². The van der Waals surface area contributed by atoms with Gasteiger partial charge in [0.1, 0.15) is 0 Å². The monoisotopic (exact) mass is 190 g/mol. The normalized spacial score (nSPS) is 17.6. The standard InChI is InChI=1S/C10H10N2S/c11-10(5-6-10)8-1-3-9(4-2-8)12-7-13/h1-4H,5-6,11H2. The SMILES string of the molecule is NC1(c2ccc(N=C=S)cc2)CC1. The van der Waals surface area contributed by atoms with Crippen LogP contribution in [0.3, 0.4) is 0 Å². The van der Waals surface area contributed by atoms with Gasteiger partial charge < -0.3 is 5.73 Å². The smallest absolute Gasteiger partial charge is 0.0739 e. The summed E-state index contributed by atoms with van der Waals surface area (Å²) < 4.78 is 0. The van der Waals surface area contributed by atoms with Crippen molar-refractivity contribution in [1.29, 1.82) is 0 Å². The quantitative estimate of drug-likeness (QED) is 0.574. The molecule has 1 aliphatic carbocycles. The highest BCUT2D eigenvalue weighted by molar-refractivity contribution is 7.78. The van der Waals surface area contributed by atoms with Crippen LogP contribution in [0.15, 0.2) is 29.3 Å². The van der Waals surface area contributed by atoms with Gasteiger partial charge in [0.15, 0.2) is 0 Å². The summed E-state index contributed by atoms with van der Waals surface area (Å²) in [5.74, 6) is 0. The number of thiocarbonyl (C=S) groups is 1. The van der Waals surface area contributed by atoms with Crippen molar-refractivity contribution < 1.29 is 0 Å². The summed E-state index contributed by atoms with van der Waals surface area (Å²) in [6.07, 6.45) is 2.17. The average molecular weight is 190 g/mol. The van der Waals surface area contributed by atoms with Crippen molar-refractivity contribution >= 4 is 23.1 Å². The molecule has 66 valence electrons. The first-order valence-electron chi connectivity index (χ1n) is 4.22. The minimum absolute atomic E-state index is 0.0556. The first-order valence-corrected chi connectivity index (χ1v) is 4.63. The van der Waals surface area contributed by atoms with Gasteiger partial charge in [-0.1, -0.05) is 12.1 Å². The summed E-state index contributed by atoms with van der Waals surface area (Å²) in [6.45, 7) is 0. The number of aliphatic imine (C=N–C) groups is 1. The molecule has 0 spiro atoms. The van der Waals surface area contributed by atoms with Gasteiger partial charge in [0, 0.05) is 5.54 Å². The molecular weight excluding hydrogens is 180 g/mol. The summed E-state index contributed by atoms with van der Waals surface area (Å²) in [5.41, 5.74) is 8.00. The molecule has 0 unspecified atom stereocenters. The second-order valence-electron chi connectivity index (χ2n) is 3.41. The van der Waals surface area contributed by atoms with Gasteiger partial charge in [-0.15, -0.1) is 0 Å². The topological polar surface area (TPSA) is 38.4 Å². The summed E-state index contributed by atoms with van der Waals surface area (Å²) in [5, 5.41) is 2.33. The Morgan fingerprint density at radius 3 is 2.38 bits per heavy atom. The van der Waals surface area contributed by atoms with E-state index in [-0.39, 0.29) is 5.54 Å². The zero-order valence-corrected chi connectivity index (χ0v) is 7.97. The Balaban J connectivity index is 2.28. The van der Waals surface area contributed by atoms with Crippen LogP contribution in [0.25, 0.3) is 0 Å². The van der Waals surface area contributed by atoms with Crippen molar-refractivity contribution in [1.82, 2.24) is 0 Å². The van der Waals surface area contributed by atoms with Crippen molar-refractivity contribution in [3.05, 3.63) is 29.8 Å². The van der Waals surface area contributed by atoms with E-state index in [4.69, 9.17) is 5.73 Å². The van der Waals surface area contributed by atoms with Crippen LogP contribution >= 0.6 is 12.2 Å². The molecule has 3 heteroatoms. The van der Waals surface area contributed by atoms with E-state index in [2.05, 4.69) is 22.4 Å². The Morgan fingerprint density at radius 2 is 1.92 bits per heavy atom. The molecule has 0 aromatic heterocycles. The number of nitrogens with two attached hydrogens (primary N) is 1. The van der Waals surface area contributed by atoms with Gasteiger partial charge in [-0.3, -0.25) is 0 Å². The van der Waals surface area contributed by atoms with Gasteiger partial charge in [-0.05, 0) is 42.8 Å². The van der Waals surface area contributed by atoms with Gasteiger partial charge in [0.2, 0.25) is 0 Å². The second kappa shape index (κ2) is 3.04. The van der Waals surface area contributed by atoms with E-state index in [1.165, 1.54) is 5.56 Å². The van der Waals surface area contributed by atoms with Crippen LogP contribution in [0.2, 0.25) is 0 Å². The Labute approximate surface area is 82.5 Å². The van der Waals surface area contributed by atoms with Crippen LogP contribution in [-0.2, 0) is 5.54 Å². The molecule has 1 aromatic rings. The van der Waals surface area contributed by atoms with Gasteiger partial charge in [-0.25, -0.2) is 0 Å². The number of rotatable bonds is 2. The van der Waals surface area contributed by atoms with Gasteiger partial charge in [-0.2, -0.15) is 4.99 Å². The molecule has 0 radical (unpaired) electrons. The number of isothiocyanates is 1. The highest BCUT2D eigenvalue weighted by Gasteiger charge is 2.39. The third kappa shape index (κ3) is 1.68. The van der Waals surface area contributed by atoms with Crippen LogP contribution in [0.5, 0.6) is 0 Å². The summed E-state index contributed by atoms with van der Waals surface area (Å²) in [7, 11) is 0. The van der Waals surface area contributed by atoms with Crippen LogP contribution in [-0.4, -0.2) is 5.16 Å². The lowest BCUT2D eigenvalue weighted by Crippen LogP contribution is -2.18. The van der Waals surface area contributed by atoms with E-state index in [1.54, 1.807) is 0 Å². The van der Waals surface area contributed by atoms with Crippen molar-refractivity contribution in [3.63, 3.8) is 0 Å². The third-order valence-corrected chi connectivity index (χ3v) is 2.50.